The van der Waals surface area contributed by atoms with Gasteiger partial charge in [-0.2, -0.15) is 4.31 Å². The predicted octanol–water partition coefficient (Wildman–Crippen LogP) is 3.01. The van der Waals surface area contributed by atoms with E-state index in [1.807, 2.05) is 0 Å². The SMILES string of the molecule is Cc1c(F)cc(C(=O)NC2CC2)cc1-c1ccc2c(=O)n(CC(C)(C)CO)cc(S(=O)(=O)N3CCCNCC3)c2c1. The Kier molecular flexibility index (Phi) is 8.08. The number of pyridine rings is 1. The first kappa shape index (κ1) is 29.4. The molecule has 0 unspecified atom stereocenters. The highest BCUT2D eigenvalue weighted by atomic mass is 32.2. The number of nitrogens with zero attached hydrogens (tertiary/aromatic N) is 2. The minimum atomic E-state index is -4.03. The molecule has 5 rings (SSSR count). The lowest BCUT2D eigenvalue weighted by atomic mass is 9.94. The fourth-order valence-electron chi connectivity index (χ4n) is 5.17. The van der Waals surface area contributed by atoms with Crippen LogP contribution in [0.4, 0.5) is 4.39 Å². The van der Waals surface area contributed by atoms with Crippen molar-refractivity contribution in [1.82, 2.24) is 19.5 Å². The quantitative estimate of drug-likeness (QED) is 0.375. The Balaban J connectivity index is 1.70. The van der Waals surface area contributed by atoms with Crippen LogP contribution >= 0.6 is 0 Å². The van der Waals surface area contributed by atoms with Gasteiger partial charge in [0.2, 0.25) is 10.0 Å². The van der Waals surface area contributed by atoms with E-state index < -0.39 is 21.3 Å². The van der Waals surface area contributed by atoms with Gasteiger partial charge in [0, 0.05) is 66.8 Å². The number of rotatable bonds is 8. The molecule has 1 saturated heterocycles. The molecule has 0 atom stereocenters. The predicted molar refractivity (Wildman–Crippen MR) is 156 cm³/mol. The fraction of sp³-hybridized carbons (Fsp3) is 0.467. The van der Waals surface area contributed by atoms with Crippen LogP contribution in [-0.2, 0) is 16.6 Å². The zero-order valence-electron chi connectivity index (χ0n) is 23.7. The normalized spacial score (nSPS) is 17.0. The standard InChI is InChI=1S/C30H37FN4O5S/c1-19-24(14-21(15-26(19)31)28(37)33-22-6-7-22)20-5-8-23-25(13-20)27(16-34(29(23)38)17-30(2,3)18-36)41(39,40)35-11-4-9-32-10-12-35/h5,8,13-16,22,32,36H,4,6-7,9-12,17-18H2,1-3H3,(H,33,37). The number of carbonyl (C=O) groups is 1. The third-order valence-corrected chi connectivity index (χ3v) is 9.75. The van der Waals surface area contributed by atoms with E-state index in [9.17, 15) is 23.1 Å². The number of benzene rings is 2. The van der Waals surface area contributed by atoms with E-state index in [0.29, 0.717) is 42.7 Å². The van der Waals surface area contributed by atoms with Gasteiger partial charge >= 0.3 is 0 Å². The number of sulfonamides is 1. The zero-order chi connectivity index (χ0) is 29.5. The monoisotopic (exact) mass is 584 g/mol. The van der Waals surface area contributed by atoms with Crippen molar-refractivity contribution in [2.75, 3.05) is 32.8 Å². The summed E-state index contributed by atoms with van der Waals surface area (Å²) in [5.74, 6) is -0.907. The van der Waals surface area contributed by atoms with E-state index >= 15 is 4.39 Å². The number of nitrogens with one attached hydrogen (secondary N) is 2. The van der Waals surface area contributed by atoms with Gasteiger partial charge in [0.05, 0.1) is 0 Å². The summed E-state index contributed by atoms with van der Waals surface area (Å²) >= 11 is 0. The summed E-state index contributed by atoms with van der Waals surface area (Å²) in [4.78, 5) is 26.3. The van der Waals surface area contributed by atoms with Crippen LogP contribution in [0.5, 0.6) is 0 Å². The molecular formula is C30H37FN4O5S. The van der Waals surface area contributed by atoms with E-state index in [0.717, 1.165) is 12.8 Å². The molecule has 3 N–H and O–H groups in total. The lowest BCUT2D eigenvalue weighted by molar-refractivity contribution is 0.0950. The van der Waals surface area contributed by atoms with Crippen molar-refractivity contribution >= 4 is 26.7 Å². The molecule has 1 amide bonds. The number of aromatic nitrogens is 1. The van der Waals surface area contributed by atoms with Crippen molar-refractivity contribution in [3.05, 3.63) is 63.8 Å². The highest BCUT2D eigenvalue weighted by Gasteiger charge is 2.30. The van der Waals surface area contributed by atoms with Gasteiger partial charge in [-0.05, 0) is 73.7 Å². The molecule has 2 fully saturated rings. The van der Waals surface area contributed by atoms with Crippen LogP contribution in [0, 0.1) is 18.2 Å². The largest absolute Gasteiger partial charge is 0.396 e. The van der Waals surface area contributed by atoms with Crippen molar-refractivity contribution in [2.24, 2.45) is 5.41 Å². The zero-order valence-corrected chi connectivity index (χ0v) is 24.5. The van der Waals surface area contributed by atoms with Gasteiger partial charge in [-0.25, -0.2) is 12.8 Å². The van der Waals surface area contributed by atoms with Crippen LogP contribution in [0.15, 0.2) is 46.2 Å². The van der Waals surface area contributed by atoms with Crippen LogP contribution in [0.2, 0.25) is 0 Å². The molecule has 0 radical (unpaired) electrons. The van der Waals surface area contributed by atoms with E-state index in [1.165, 1.54) is 21.1 Å². The van der Waals surface area contributed by atoms with Gasteiger partial charge in [0.1, 0.15) is 10.7 Å². The average molecular weight is 585 g/mol. The summed E-state index contributed by atoms with van der Waals surface area (Å²) in [6.45, 7) is 6.96. The van der Waals surface area contributed by atoms with Crippen LogP contribution in [0.25, 0.3) is 21.9 Å². The van der Waals surface area contributed by atoms with E-state index in [4.69, 9.17) is 0 Å². The summed E-state index contributed by atoms with van der Waals surface area (Å²) in [6, 6.07) is 7.75. The molecule has 11 heteroatoms. The fourth-order valence-corrected chi connectivity index (χ4v) is 6.85. The Morgan fingerprint density at radius 1 is 1.15 bits per heavy atom. The van der Waals surface area contributed by atoms with Gasteiger partial charge in [-0.15, -0.1) is 0 Å². The minimum absolute atomic E-state index is 0.0228. The Hall–Kier alpha value is -3.12. The Morgan fingerprint density at radius 2 is 1.90 bits per heavy atom. The van der Waals surface area contributed by atoms with E-state index in [-0.39, 0.29) is 58.4 Å². The van der Waals surface area contributed by atoms with E-state index in [1.54, 1.807) is 45.0 Å². The second kappa shape index (κ2) is 11.3. The Morgan fingerprint density at radius 3 is 2.61 bits per heavy atom. The molecule has 1 aromatic heterocycles. The number of carbonyl (C=O) groups excluding carboxylic acids is 1. The summed E-state index contributed by atoms with van der Waals surface area (Å²) in [5.41, 5.74) is 0.388. The summed E-state index contributed by atoms with van der Waals surface area (Å²) in [6.07, 6.45) is 3.81. The van der Waals surface area contributed by atoms with Gasteiger partial charge in [-0.3, -0.25) is 9.59 Å². The van der Waals surface area contributed by atoms with Crippen LogP contribution in [0.1, 0.15) is 49.0 Å². The number of halogens is 1. The smallest absolute Gasteiger partial charge is 0.258 e. The maximum absolute atomic E-state index is 15.0. The lowest BCUT2D eigenvalue weighted by Gasteiger charge is -2.25. The topological polar surface area (TPSA) is 121 Å². The van der Waals surface area contributed by atoms with Gasteiger partial charge < -0.3 is 20.3 Å². The molecule has 0 bridgehead atoms. The minimum Gasteiger partial charge on any atom is -0.396 e. The molecule has 41 heavy (non-hydrogen) atoms. The lowest BCUT2D eigenvalue weighted by Crippen LogP contribution is -2.36. The highest BCUT2D eigenvalue weighted by Crippen LogP contribution is 2.33. The third-order valence-electron chi connectivity index (χ3n) is 7.82. The molecule has 2 heterocycles. The van der Waals surface area contributed by atoms with Crippen molar-refractivity contribution in [1.29, 1.82) is 0 Å². The summed E-state index contributed by atoms with van der Waals surface area (Å²) < 4.78 is 46.0. The van der Waals surface area contributed by atoms with E-state index in [2.05, 4.69) is 10.6 Å². The Bertz CT molecular complexity index is 1660. The highest BCUT2D eigenvalue weighted by molar-refractivity contribution is 7.89. The molecule has 220 valence electrons. The average Bonchev–Trinajstić information content (AvgIpc) is 3.78. The second-order valence-corrected chi connectivity index (χ2v) is 13.8. The molecule has 9 nitrogen and oxygen atoms in total. The molecule has 2 aliphatic rings. The maximum Gasteiger partial charge on any atom is 0.258 e. The van der Waals surface area contributed by atoms with Gasteiger partial charge in [0.25, 0.3) is 11.5 Å². The van der Waals surface area contributed by atoms with Crippen molar-refractivity contribution in [3.63, 3.8) is 0 Å². The van der Waals surface area contributed by atoms with Gasteiger partial charge in [0.15, 0.2) is 0 Å². The first-order valence-corrected chi connectivity index (χ1v) is 15.5. The number of aliphatic hydroxyl groups is 1. The number of aliphatic hydroxyl groups excluding tert-OH is 1. The first-order valence-electron chi connectivity index (χ1n) is 14.0. The van der Waals surface area contributed by atoms with Crippen molar-refractivity contribution < 1.29 is 22.7 Å². The molecule has 1 aliphatic heterocycles. The maximum atomic E-state index is 15.0. The van der Waals surface area contributed by atoms with Gasteiger partial charge in [-0.1, -0.05) is 19.9 Å². The molecule has 3 aromatic rings. The number of amides is 1. The molecular weight excluding hydrogens is 547 g/mol. The molecule has 0 spiro atoms. The Labute approximate surface area is 239 Å². The number of hydrogen-bond donors (Lipinski definition) is 3. The second-order valence-electron chi connectivity index (χ2n) is 11.9. The molecule has 2 aromatic carbocycles. The van der Waals surface area contributed by atoms with Crippen LogP contribution in [0.3, 0.4) is 0 Å². The van der Waals surface area contributed by atoms with Crippen molar-refractivity contribution in [3.8, 4) is 11.1 Å². The molecule has 1 aliphatic carbocycles. The summed E-state index contributed by atoms with van der Waals surface area (Å²) in [7, 11) is -4.03. The summed E-state index contributed by atoms with van der Waals surface area (Å²) in [5, 5.41) is 16.4. The molecule has 1 saturated carbocycles. The van der Waals surface area contributed by atoms with Crippen LogP contribution in [-0.4, -0.2) is 67.1 Å². The van der Waals surface area contributed by atoms with Crippen LogP contribution < -0.4 is 16.2 Å². The number of fused-ring (bicyclic) bond motifs is 1. The van der Waals surface area contributed by atoms with Crippen molar-refractivity contribution in [2.45, 2.75) is 57.5 Å². The third kappa shape index (κ3) is 6.08. The number of hydrogen-bond acceptors (Lipinski definition) is 6. The first-order chi connectivity index (χ1) is 19.4.